The fourth-order valence-electron chi connectivity index (χ4n) is 3.03. The minimum atomic E-state index is 0.0378. The third kappa shape index (κ3) is 3.28. The van der Waals surface area contributed by atoms with E-state index in [0.29, 0.717) is 11.8 Å². The number of nitrogens with zero attached hydrogens (tertiary/aromatic N) is 1. The van der Waals surface area contributed by atoms with Crippen LogP contribution in [0.1, 0.15) is 31.4 Å². The zero-order chi connectivity index (χ0) is 14.0. The van der Waals surface area contributed by atoms with E-state index in [4.69, 9.17) is 0 Å². The normalized spacial score (nSPS) is 23.3. The van der Waals surface area contributed by atoms with E-state index in [9.17, 15) is 4.79 Å². The number of benzene rings is 1. The smallest absolute Gasteiger partial charge is 0.321 e. The summed E-state index contributed by atoms with van der Waals surface area (Å²) in [4.78, 5) is 14.3. The molecule has 2 amide bonds. The third-order valence-corrected chi connectivity index (χ3v) is 3.87. The number of anilines is 1. The highest BCUT2D eigenvalue weighted by Crippen LogP contribution is 2.23. The number of aryl methyl sites for hydroxylation is 2. The Bertz CT molecular complexity index is 440. The van der Waals surface area contributed by atoms with Crippen molar-refractivity contribution in [2.24, 2.45) is 11.8 Å². The van der Waals surface area contributed by atoms with E-state index in [1.165, 1.54) is 6.42 Å². The largest absolute Gasteiger partial charge is 0.324 e. The maximum Gasteiger partial charge on any atom is 0.321 e. The molecule has 0 aliphatic carbocycles. The van der Waals surface area contributed by atoms with Gasteiger partial charge >= 0.3 is 6.03 Å². The van der Waals surface area contributed by atoms with Gasteiger partial charge in [0.25, 0.3) is 0 Å². The molecule has 1 fully saturated rings. The molecule has 0 spiro atoms. The second kappa shape index (κ2) is 5.64. The summed E-state index contributed by atoms with van der Waals surface area (Å²) in [6, 6.07) is 6.12. The van der Waals surface area contributed by atoms with Crippen LogP contribution in [0.15, 0.2) is 18.2 Å². The Morgan fingerprint density at radius 3 is 2.21 bits per heavy atom. The van der Waals surface area contributed by atoms with E-state index >= 15 is 0 Å². The average Bonchev–Trinajstić information content (AvgIpc) is 2.32. The molecular formula is C16H24N2O. The maximum atomic E-state index is 12.4. The first kappa shape index (κ1) is 13.9. The summed E-state index contributed by atoms with van der Waals surface area (Å²) >= 11 is 0. The molecule has 0 saturated carbocycles. The molecule has 1 heterocycles. The Morgan fingerprint density at radius 1 is 1.16 bits per heavy atom. The van der Waals surface area contributed by atoms with Crippen molar-refractivity contribution in [2.75, 3.05) is 18.4 Å². The monoisotopic (exact) mass is 260 g/mol. The maximum absolute atomic E-state index is 12.4. The molecule has 3 heteroatoms. The number of para-hydroxylation sites is 1. The first-order valence-corrected chi connectivity index (χ1v) is 7.09. The number of nitrogens with one attached hydrogen (secondary N) is 1. The first-order valence-electron chi connectivity index (χ1n) is 7.09. The lowest BCUT2D eigenvalue weighted by Crippen LogP contribution is -2.44. The molecule has 0 radical (unpaired) electrons. The van der Waals surface area contributed by atoms with E-state index in [2.05, 4.69) is 19.2 Å². The van der Waals surface area contributed by atoms with Crippen LogP contribution in [0.5, 0.6) is 0 Å². The zero-order valence-corrected chi connectivity index (χ0v) is 12.4. The van der Waals surface area contributed by atoms with E-state index in [-0.39, 0.29) is 6.03 Å². The summed E-state index contributed by atoms with van der Waals surface area (Å²) in [6.07, 6.45) is 1.22. The van der Waals surface area contributed by atoms with Crippen molar-refractivity contribution < 1.29 is 4.79 Å². The van der Waals surface area contributed by atoms with Crippen molar-refractivity contribution in [3.05, 3.63) is 29.3 Å². The molecule has 1 N–H and O–H groups in total. The van der Waals surface area contributed by atoms with E-state index < -0.39 is 0 Å². The summed E-state index contributed by atoms with van der Waals surface area (Å²) in [5, 5.41) is 3.08. The number of hydrogen-bond donors (Lipinski definition) is 1. The van der Waals surface area contributed by atoms with Crippen LogP contribution in [-0.4, -0.2) is 24.0 Å². The Balaban J connectivity index is 2.08. The van der Waals surface area contributed by atoms with Gasteiger partial charge in [-0.05, 0) is 43.2 Å². The van der Waals surface area contributed by atoms with Crippen LogP contribution < -0.4 is 5.32 Å². The van der Waals surface area contributed by atoms with Crippen molar-refractivity contribution >= 4 is 11.7 Å². The molecular weight excluding hydrogens is 236 g/mol. The molecule has 104 valence electrons. The highest BCUT2D eigenvalue weighted by Gasteiger charge is 2.25. The lowest BCUT2D eigenvalue weighted by atomic mass is 9.92. The van der Waals surface area contributed by atoms with Crippen LogP contribution in [0, 0.1) is 25.7 Å². The summed E-state index contributed by atoms with van der Waals surface area (Å²) in [5.41, 5.74) is 3.19. The minimum absolute atomic E-state index is 0.0378. The van der Waals surface area contributed by atoms with Crippen LogP contribution in [-0.2, 0) is 0 Å². The van der Waals surface area contributed by atoms with Gasteiger partial charge in [0.1, 0.15) is 0 Å². The molecule has 2 unspecified atom stereocenters. The third-order valence-electron chi connectivity index (χ3n) is 3.87. The van der Waals surface area contributed by atoms with Gasteiger partial charge in [0.2, 0.25) is 0 Å². The molecule has 2 rings (SSSR count). The number of carbonyl (C=O) groups is 1. The molecule has 1 aromatic rings. The predicted molar refractivity (Wildman–Crippen MR) is 79.5 cm³/mol. The molecule has 1 aliphatic heterocycles. The van der Waals surface area contributed by atoms with Gasteiger partial charge in [-0.15, -0.1) is 0 Å². The van der Waals surface area contributed by atoms with Gasteiger partial charge in [-0.1, -0.05) is 32.0 Å². The van der Waals surface area contributed by atoms with Gasteiger partial charge in [-0.2, -0.15) is 0 Å². The van der Waals surface area contributed by atoms with Crippen molar-refractivity contribution in [1.29, 1.82) is 0 Å². The van der Waals surface area contributed by atoms with Gasteiger partial charge < -0.3 is 10.2 Å². The number of amides is 2. The second-order valence-corrected chi connectivity index (χ2v) is 6.05. The van der Waals surface area contributed by atoms with E-state index in [1.807, 2.05) is 36.9 Å². The predicted octanol–water partition coefficient (Wildman–Crippen LogP) is 3.81. The lowest BCUT2D eigenvalue weighted by molar-refractivity contribution is 0.156. The number of urea groups is 1. The minimum Gasteiger partial charge on any atom is -0.324 e. The SMILES string of the molecule is Cc1cccc(C)c1NC(=O)N1CC(C)CC(C)C1. The molecule has 0 aromatic heterocycles. The molecule has 3 nitrogen and oxygen atoms in total. The first-order chi connectivity index (χ1) is 8.97. The molecule has 2 atom stereocenters. The van der Waals surface area contributed by atoms with Gasteiger partial charge in [0, 0.05) is 18.8 Å². The van der Waals surface area contributed by atoms with Gasteiger partial charge in [0.05, 0.1) is 0 Å². The van der Waals surface area contributed by atoms with Gasteiger partial charge in [-0.25, -0.2) is 4.79 Å². The Labute approximate surface area is 116 Å². The lowest BCUT2D eigenvalue weighted by Gasteiger charge is -2.35. The van der Waals surface area contributed by atoms with Crippen molar-refractivity contribution in [3.63, 3.8) is 0 Å². The van der Waals surface area contributed by atoms with Crippen LogP contribution in [0.4, 0.5) is 10.5 Å². The highest BCUT2D eigenvalue weighted by molar-refractivity contribution is 5.91. The van der Waals surface area contributed by atoms with E-state index in [1.54, 1.807) is 0 Å². The number of piperidine rings is 1. The molecule has 1 aliphatic rings. The highest BCUT2D eigenvalue weighted by atomic mass is 16.2. The fraction of sp³-hybridized carbons (Fsp3) is 0.562. The average molecular weight is 260 g/mol. The zero-order valence-electron chi connectivity index (χ0n) is 12.4. The van der Waals surface area contributed by atoms with Crippen molar-refractivity contribution in [3.8, 4) is 0 Å². The Morgan fingerprint density at radius 2 is 1.68 bits per heavy atom. The van der Waals surface area contributed by atoms with Crippen LogP contribution in [0.3, 0.4) is 0 Å². The van der Waals surface area contributed by atoms with Gasteiger partial charge in [-0.3, -0.25) is 0 Å². The Kier molecular flexibility index (Phi) is 4.13. The van der Waals surface area contributed by atoms with Crippen molar-refractivity contribution in [1.82, 2.24) is 4.90 Å². The quantitative estimate of drug-likeness (QED) is 0.818. The summed E-state index contributed by atoms with van der Waals surface area (Å²) in [5.74, 6) is 1.18. The fourth-order valence-corrected chi connectivity index (χ4v) is 3.03. The van der Waals surface area contributed by atoms with Crippen LogP contribution >= 0.6 is 0 Å². The van der Waals surface area contributed by atoms with Gasteiger partial charge in [0.15, 0.2) is 0 Å². The number of carbonyl (C=O) groups excluding carboxylic acids is 1. The van der Waals surface area contributed by atoms with E-state index in [0.717, 1.165) is 29.9 Å². The number of rotatable bonds is 1. The molecule has 1 aromatic carbocycles. The van der Waals surface area contributed by atoms with Crippen LogP contribution in [0.2, 0.25) is 0 Å². The Hall–Kier alpha value is -1.51. The topological polar surface area (TPSA) is 32.3 Å². The summed E-state index contributed by atoms with van der Waals surface area (Å²) in [6.45, 7) is 10.2. The van der Waals surface area contributed by atoms with Crippen molar-refractivity contribution in [2.45, 2.75) is 34.1 Å². The molecule has 0 bridgehead atoms. The number of likely N-dealkylation sites (tertiary alicyclic amines) is 1. The standard InChI is InChI=1S/C16H24N2O/c1-11-8-12(2)10-18(9-11)16(19)17-15-13(3)6-5-7-14(15)4/h5-7,11-12H,8-10H2,1-4H3,(H,17,19). The molecule has 1 saturated heterocycles. The summed E-state index contributed by atoms with van der Waals surface area (Å²) in [7, 11) is 0. The number of hydrogen-bond acceptors (Lipinski definition) is 1. The second-order valence-electron chi connectivity index (χ2n) is 6.05. The summed E-state index contributed by atoms with van der Waals surface area (Å²) < 4.78 is 0. The molecule has 19 heavy (non-hydrogen) atoms. The van der Waals surface area contributed by atoms with Crippen LogP contribution in [0.25, 0.3) is 0 Å².